The van der Waals surface area contributed by atoms with Crippen molar-refractivity contribution in [3.8, 4) is 0 Å². The van der Waals surface area contributed by atoms with Crippen molar-refractivity contribution in [1.29, 1.82) is 0 Å². The molecule has 0 atom stereocenters. The lowest BCUT2D eigenvalue weighted by Crippen LogP contribution is -2.30. The van der Waals surface area contributed by atoms with Gasteiger partial charge in [-0.1, -0.05) is 41.9 Å². The van der Waals surface area contributed by atoms with E-state index in [-0.39, 0.29) is 11.7 Å². The first-order valence-electron chi connectivity index (χ1n) is 5.49. The van der Waals surface area contributed by atoms with Crippen LogP contribution in [-0.4, -0.2) is 25.5 Å². The molecule has 0 aliphatic carbocycles. The summed E-state index contributed by atoms with van der Waals surface area (Å²) in [5.74, 6) is 0.335. The lowest BCUT2D eigenvalue weighted by atomic mass is 10.2. The molecule has 0 bridgehead atoms. The summed E-state index contributed by atoms with van der Waals surface area (Å²) in [6, 6.07) is 7.68. The first-order valence-corrected chi connectivity index (χ1v) is 7.90. The van der Waals surface area contributed by atoms with Gasteiger partial charge in [0, 0.05) is 18.1 Å². The van der Waals surface area contributed by atoms with Crippen LogP contribution in [0.2, 0.25) is 0 Å². The van der Waals surface area contributed by atoms with Crippen molar-refractivity contribution < 1.29 is 8.42 Å². The van der Waals surface area contributed by atoms with Gasteiger partial charge in [-0.3, -0.25) is 0 Å². The Balaban J connectivity index is 2.75. The van der Waals surface area contributed by atoms with Gasteiger partial charge < -0.3 is 0 Å². The molecule has 0 aromatic heterocycles. The summed E-state index contributed by atoms with van der Waals surface area (Å²) in [5.41, 5.74) is 0.981. The number of sulfonamides is 1. The quantitative estimate of drug-likeness (QED) is 0.836. The zero-order valence-electron chi connectivity index (χ0n) is 10.4. The fourth-order valence-electron chi connectivity index (χ4n) is 1.54. The maximum absolute atomic E-state index is 11.9. The highest BCUT2D eigenvalue weighted by Crippen LogP contribution is 2.15. The van der Waals surface area contributed by atoms with E-state index in [2.05, 4.69) is 15.9 Å². The van der Waals surface area contributed by atoms with Crippen LogP contribution in [-0.2, 0) is 16.6 Å². The van der Waals surface area contributed by atoms with Crippen molar-refractivity contribution in [3.05, 3.63) is 34.3 Å². The number of rotatable bonds is 5. The monoisotopic (exact) mass is 319 g/mol. The maximum Gasteiger partial charge on any atom is 0.214 e. The molecule has 0 radical (unpaired) electrons. The number of benzene rings is 1. The average molecular weight is 320 g/mol. The van der Waals surface area contributed by atoms with Crippen molar-refractivity contribution in [2.45, 2.75) is 20.4 Å². The Morgan fingerprint density at radius 2 is 2.00 bits per heavy atom. The minimum atomic E-state index is -3.15. The van der Waals surface area contributed by atoms with Gasteiger partial charge in [-0.2, -0.15) is 0 Å². The van der Waals surface area contributed by atoms with E-state index in [9.17, 15) is 8.42 Å². The molecule has 0 spiro atoms. The van der Waals surface area contributed by atoms with E-state index in [0.29, 0.717) is 6.54 Å². The Bertz CT molecular complexity index is 471. The molecule has 3 nitrogen and oxygen atoms in total. The highest BCUT2D eigenvalue weighted by Gasteiger charge is 2.19. The van der Waals surface area contributed by atoms with E-state index >= 15 is 0 Å². The molecular formula is C12H18BrNO2S. The Kier molecular flexibility index (Phi) is 5.16. The second-order valence-electron chi connectivity index (χ2n) is 4.56. The highest BCUT2D eigenvalue weighted by molar-refractivity contribution is 9.10. The highest BCUT2D eigenvalue weighted by atomic mass is 79.9. The standard InChI is InChI=1S/C12H18BrNO2S/c1-10(2)9-17(15,16)14(3)8-11-5-4-6-12(13)7-11/h4-7,10H,8-9H2,1-3H3. The number of hydrogen-bond acceptors (Lipinski definition) is 2. The van der Waals surface area contributed by atoms with Crippen LogP contribution in [0.25, 0.3) is 0 Å². The Hall–Kier alpha value is -0.390. The van der Waals surface area contributed by atoms with Gasteiger partial charge in [0.15, 0.2) is 0 Å². The molecule has 0 fully saturated rings. The molecule has 5 heteroatoms. The predicted octanol–water partition coefficient (Wildman–Crippen LogP) is 2.87. The van der Waals surface area contributed by atoms with Crippen molar-refractivity contribution in [2.24, 2.45) is 5.92 Å². The molecule has 0 saturated heterocycles. The minimum absolute atomic E-state index is 0.143. The summed E-state index contributed by atoms with van der Waals surface area (Å²) in [5, 5.41) is 0. The van der Waals surface area contributed by atoms with Crippen molar-refractivity contribution in [3.63, 3.8) is 0 Å². The van der Waals surface area contributed by atoms with Gasteiger partial charge in [0.2, 0.25) is 10.0 Å². The molecular weight excluding hydrogens is 302 g/mol. The zero-order valence-corrected chi connectivity index (χ0v) is 12.8. The molecule has 1 aromatic rings. The molecule has 17 heavy (non-hydrogen) atoms. The second-order valence-corrected chi connectivity index (χ2v) is 7.59. The maximum atomic E-state index is 11.9. The molecule has 1 rings (SSSR count). The van der Waals surface area contributed by atoms with Crippen LogP contribution in [0.3, 0.4) is 0 Å². The van der Waals surface area contributed by atoms with E-state index < -0.39 is 10.0 Å². The van der Waals surface area contributed by atoms with E-state index in [4.69, 9.17) is 0 Å². The van der Waals surface area contributed by atoms with Crippen LogP contribution in [0.4, 0.5) is 0 Å². The topological polar surface area (TPSA) is 37.4 Å². The van der Waals surface area contributed by atoms with E-state index in [0.717, 1.165) is 10.0 Å². The lowest BCUT2D eigenvalue weighted by molar-refractivity contribution is 0.460. The summed E-state index contributed by atoms with van der Waals surface area (Å²) < 4.78 is 26.3. The largest absolute Gasteiger partial charge is 0.214 e. The van der Waals surface area contributed by atoms with Gasteiger partial charge in [0.25, 0.3) is 0 Å². The number of halogens is 1. The van der Waals surface area contributed by atoms with Gasteiger partial charge in [0.1, 0.15) is 0 Å². The van der Waals surface area contributed by atoms with E-state index in [1.165, 1.54) is 4.31 Å². The molecule has 0 amide bonds. The first-order chi connectivity index (χ1) is 7.81. The van der Waals surface area contributed by atoms with Crippen molar-refractivity contribution >= 4 is 26.0 Å². The van der Waals surface area contributed by atoms with Crippen molar-refractivity contribution in [1.82, 2.24) is 4.31 Å². The molecule has 96 valence electrons. The van der Waals surface area contributed by atoms with Crippen LogP contribution in [0, 0.1) is 5.92 Å². The third kappa shape index (κ3) is 4.77. The van der Waals surface area contributed by atoms with Crippen LogP contribution >= 0.6 is 15.9 Å². The Morgan fingerprint density at radius 3 is 2.53 bits per heavy atom. The predicted molar refractivity (Wildman–Crippen MR) is 74.2 cm³/mol. The molecule has 0 aliphatic heterocycles. The Labute approximate surface area is 112 Å². The summed E-state index contributed by atoms with van der Waals surface area (Å²) in [7, 11) is -1.53. The SMILES string of the molecule is CC(C)CS(=O)(=O)N(C)Cc1cccc(Br)c1. The van der Waals surface area contributed by atoms with Crippen LogP contribution < -0.4 is 0 Å². The first kappa shape index (κ1) is 14.7. The second kappa shape index (κ2) is 5.98. The fraction of sp³-hybridized carbons (Fsp3) is 0.500. The summed E-state index contributed by atoms with van der Waals surface area (Å²) >= 11 is 3.37. The smallest absolute Gasteiger partial charge is 0.212 e. The van der Waals surface area contributed by atoms with Crippen molar-refractivity contribution in [2.75, 3.05) is 12.8 Å². The van der Waals surface area contributed by atoms with Crippen LogP contribution in [0.1, 0.15) is 19.4 Å². The van der Waals surface area contributed by atoms with E-state index in [1.807, 2.05) is 38.1 Å². The summed E-state index contributed by atoms with van der Waals surface area (Å²) in [6.07, 6.45) is 0. The number of hydrogen-bond donors (Lipinski definition) is 0. The van der Waals surface area contributed by atoms with Crippen LogP contribution in [0.5, 0.6) is 0 Å². The Morgan fingerprint density at radius 1 is 1.35 bits per heavy atom. The van der Waals surface area contributed by atoms with Gasteiger partial charge in [0.05, 0.1) is 5.75 Å². The van der Waals surface area contributed by atoms with Gasteiger partial charge in [-0.25, -0.2) is 12.7 Å². The minimum Gasteiger partial charge on any atom is -0.212 e. The van der Waals surface area contributed by atoms with Crippen LogP contribution in [0.15, 0.2) is 28.7 Å². The molecule has 0 saturated carbocycles. The zero-order chi connectivity index (χ0) is 13.1. The summed E-state index contributed by atoms with van der Waals surface area (Å²) in [6.45, 7) is 4.23. The summed E-state index contributed by atoms with van der Waals surface area (Å²) in [4.78, 5) is 0. The lowest BCUT2D eigenvalue weighted by Gasteiger charge is -2.18. The number of nitrogens with zero attached hydrogens (tertiary/aromatic N) is 1. The fourth-order valence-corrected chi connectivity index (χ4v) is 3.43. The van der Waals surface area contributed by atoms with Gasteiger partial charge in [-0.15, -0.1) is 0 Å². The molecule has 0 N–H and O–H groups in total. The normalized spacial score (nSPS) is 12.4. The van der Waals surface area contributed by atoms with E-state index in [1.54, 1.807) is 7.05 Å². The molecule has 1 aromatic carbocycles. The third-order valence-corrected chi connectivity index (χ3v) is 4.97. The van der Waals surface area contributed by atoms with Gasteiger partial charge >= 0.3 is 0 Å². The molecule has 0 aliphatic rings. The molecule has 0 heterocycles. The average Bonchev–Trinajstić information content (AvgIpc) is 2.15. The molecule has 0 unspecified atom stereocenters. The third-order valence-electron chi connectivity index (χ3n) is 2.31. The van der Waals surface area contributed by atoms with Gasteiger partial charge in [-0.05, 0) is 23.6 Å².